The quantitative estimate of drug-likeness (QED) is 0.147. The number of ether oxygens (including phenoxy) is 2. The molecule has 1 saturated heterocycles. The molecule has 3 N–H and O–H groups in total. The lowest BCUT2D eigenvalue weighted by Gasteiger charge is -2.22. The van der Waals surface area contributed by atoms with E-state index in [1.165, 1.54) is 0 Å². The number of aromatic amines is 1. The number of hydrogen-bond donors (Lipinski definition) is 3. The van der Waals surface area contributed by atoms with Crippen LogP contribution in [0.25, 0.3) is 10.3 Å². The molecule has 188 valence electrons. The van der Waals surface area contributed by atoms with Gasteiger partial charge in [0.15, 0.2) is 11.9 Å². The van der Waals surface area contributed by atoms with Crippen LogP contribution in [0.2, 0.25) is 0 Å². The Morgan fingerprint density at radius 2 is 2.15 bits per heavy atom. The van der Waals surface area contributed by atoms with Crippen molar-refractivity contribution in [3.05, 3.63) is 20.0 Å². The van der Waals surface area contributed by atoms with E-state index in [2.05, 4.69) is 19.4 Å². The Balaban J connectivity index is 2.13. The molecule has 0 bridgehead atoms. The Morgan fingerprint density at radius 3 is 2.71 bits per heavy atom. The molecule has 3 heterocycles. The number of aromatic nitrogens is 3. The van der Waals surface area contributed by atoms with Gasteiger partial charge in [-0.25, -0.2) is 5.43 Å². The molecule has 4 atom stereocenters. The van der Waals surface area contributed by atoms with E-state index in [-0.39, 0.29) is 22.7 Å². The first-order chi connectivity index (χ1) is 15.8. The van der Waals surface area contributed by atoms with Gasteiger partial charge in [-0.2, -0.15) is 32.1 Å². The van der Waals surface area contributed by atoms with Gasteiger partial charge in [-0.3, -0.25) is 28.1 Å². The molecule has 1 aliphatic heterocycles. The van der Waals surface area contributed by atoms with Crippen LogP contribution in [-0.4, -0.2) is 52.7 Å². The molecule has 1 aliphatic rings. The molecule has 1 unspecified atom stereocenters. The minimum Gasteiger partial charge on any atom is -0.460 e. The normalized spacial score (nSPS) is 22.0. The third kappa shape index (κ3) is 4.95. The second kappa shape index (κ2) is 9.39. The number of fused-ring (bicyclic) bond motifs is 1. The number of alkyl halides is 3. The van der Waals surface area contributed by atoms with Crippen molar-refractivity contribution >= 4 is 43.7 Å². The molecule has 0 aliphatic carbocycles. The summed E-state index contributed by atoms with van der Waals surface area (Å²) in [6, 6.07) is 0. The number of carbonyl (C=O) groups excluding carboxylic acids is 1. The molecule has 0 aromatic carbocycles. The van der Waals surface area contributed by atoms with Gasteiger partial charge >= 0.3 is 26.5 Å². The molecule has 0 amide bonds. The number of nitrogens with zero attached hydrogens (tertiary/aromatic N) is 3. The van der Waals surface area contributed by atoms with E-state index in [4.69, 9.17) is 15.0 Å². The van der Waals surface area contributed by atoms with Gasteiger partial charge in [-0.15, -0.1) is 0 Å². The van der Waals surface area contributed by atoms with Gasteiger partial charge in [0.1, 0.15) is 16.9 Å². The van der Waals surface area contributed by atoms with Gasteiger partial charge in [0, 0.05) is 13.3 Å². The average molecular weight is 530 g/mol. The Kier molecular flexibility index (Phi) is 7.10. The number of esters is 1. The lowest BCUT2D eigenvalue weighted by atomic mass is 10.1. The fourth-order valence-electron chi connectivity index (χ4n) is 3.33. The molecular formula is C15H17F3N6O8S2. The van der Waals surface area contributed by atoms with Crippen molar-refractivity contribution in [1.29, 1.82) is 5.53 Å². The molecule has 2 aromatic heterocycles. The molecule has 19 heteroatoms. The largest absolute Gasteiger partial charge is 0.523 e. The Morgan fingerprint density at radius 1 is 1.47 bits per heavy atom. The SMILES string of the molecule is CCC(OC(C)=O)[C@@H]1C[C@H](OS(=O)(=O)C(F)(F)F)[C@H](n2c(=O)sc3c(=O)[nH]c(NN=N)nc32)O1. The van der Waals surface area contributed by atoms with Crippen LogP contribution in [0.15, 0.2) is 14.8 Å². The summed E-state index contributed by atoms with van der Waals surface area (Å²) in [6.45, 7) is 2.68. The van der Waals surface area contributed by atoms with Crippen LogP contribution in [0.4, 0.5) is 19.1 Å². The Hall–Kier alpha value is -2.90. The molecule has 1 fully saturated rings. The number of anilines is 1. The average Bonchev–Trinajstić information content (AvgIpc) is 3.25. The van der Waals surface area contributed by atoms with E-state index in [1.807, 2.05) is 5.43 Å². The highest BCUT2D eigenvalue weighted by molar-refractivity contribution is 7.87. The second-order valence-corrected chi connectivity index (χ2v) is 9.45. The monoisotopic (exact) mass is 530 g/mol. The van der Waals surface area contributed by atoms with Crippen LogP contribution in [-0.2, 0) is 28.6 Å². The van der Waals surface area contributed by atoms with E-state index in [0.29, 0.717) is 15.9 Å². The van der Waals surface area contributed by atoms with E-state index in [9.17, 15) is 36.0 Å². The van der Waals surface area contributed by atoms with Gasteiger partial charge in [0.2, 0.25) is 5.95 Å². The summed E-state index contributed by atoms with van der Waals surface area (Å²) >= 11 is 0.374. The molecule has 0 radical (unpaired) electrons. The zero-order chi connectivity index (χ0) is 25.4. The van der Waals surface area contributed by atoms with E-state index in [0.717, 1.165) is 6.92 Å². The summed E-state index contributed by atoms with van der Waals surface area (Å²) in [7, 11) is -6.12. The summed E-state index contributed by atoms with van der Waals surface area (Å²) in [4.78, 5) is 41.6. The van der Waals surface area contributed by atoms with E-state index >= 15 is 0 Å². The summed E-state index contributed by atoms with van der Waals surface area (Å²) in [5.74, 6) is -1.10. The van der Waals surface area contributed by atoms with E-state index < -0.39 is 63.0 Å². The maximum atomic E-state index is 13.0. The highest BCUT2D eigenvalue weighted by Crippen LogP contribution is 2.38. The maximum Gasteiger partial charge on any atom is 0.523 e. The number of H-pyrrole nitrogens is 1. The second-order valence-electron chi connectivity index (χ2n) is 6.92. The number of carbonyl (C=O) groups is 1. The van der Waals surface area contributed by atoms with Crippen LogP contribution in [0.1, 0.15) is 32.9 Å². The van der Waals surface area contributed by atoms with Gasteiger partial charge < -0.3 is 9.47 Å². The first kappa shape index (κ1) is 25.7. The zero-order valence-corrected chi connectivity index (χ0v) is 18.9. The summed E-state index contributed by atoms with van der Waals surface area (Å²) in [6.07, 6.45) is -6.20. The summed E-state index contributed by atoms with van der Waals surface area (Å²) in [5.41, 5.74) is 1.87. The third-order valence-corrected chi connectivity index (χ3v) is 6.67. The van der Waals surface area contributed by atoms with Crippen LogP contribution in [0, 0.1) is 5.53 Å². The highest BCUT2D eigenvalue weighted by Gasteiger charge is 2.53. The highest BCUT2D eigenvalue weighted by atomic mass is 32.2. The first-order valence-corrected chi connectivity index (χ1v) is 11.6. The fourth-order valence-corrected chi connectivity index (χ4v) is 4.78. The van der Waals surface area contributed by atoms with Crippen LogP contribution < -0.4 is 15.9 Å². The molecule has 3 rings (SSSR count). The van der Waals surface area contributed by atoms with Crippen LogP contribution >= 0.6 is 11.3 Å². The molecule has 2 aromatic rings. The van der Waals surface area contributed by atoms with Gasteiger partial charge in [-0.1, -0.05) is 23.5 Å². The lowest BCUT2D eigenvalue weighted by Crippen LogP contribution is -2.35. The number of nitrogens with one attached hydrogen (secondary N) is 3. The lowest BCUT2D eigenvalue weighted by molar-refractivity contribution is -0.156. The number of hydrogen-bond acceptors (Lipinski definition) is 12. The standard InChI is InChI=1S/C15H17F3N6O8S2/c1-3-6(30-5(2)25)7-4-8(32-34(28,29)15(16,17)18)12(31-7)24-10-9(33-14(24)27)11(26)21-13(20-10)22-23-19/h6-8,12H,3-4H2,1-2H3,(H3,19,20,21,22,26)/t6?,7-,8-,12+/m0/s1. The minimum absolute atomic E-state index is 0.145. The number of thiazole rings is 1. The molecule has 14 nitrogen and oxygen atoms in total. The fraction of sp³-hybridized carbons (Fsp3) is 0.600. The predicted molar refractivity (Wildman–Crippen MR) is 107 cm³/mol. The van der Waals surface area contributed by atoms with Crippen molar-refractivity contribution in [2.45, 2.75) is 56.7 Å². The molecule has 0 spiro atoms. The van der Waals surface area contributed by atoms with Crippen molar-refractivity contribution < 1.29 is 40.0 Å². The molecule has 0 saturated carbocycles. The maximum absolute atomic E-state index is 13.0. The molecular weight excluding hydrogens is 513 g/mol. The summed E-state index contributed by atoms with van der Waals surface area (Å²) in [5, 5.41) is 2.83. The van der Waals surface area contributed by atoms with E-state index in [1.54, 1.807) is 6.92 Å². The predicted octanol–water partition coefficient (Wildman–Crippen LogP) is 1.37. The van der Waals surface area contributed by atoms with Gasteiger partial charge in [0.05, 0.1) is 6.10 Å². The summed E-state index contributed by atoms with van der Waals surface area (Å²) < 4.78 is 77.9. The van der Waals surface area contributed by atoms with Crippen molar-refractivity contribution in [1.82, 2.24) is 14.5 Å². The first-order valence-electron chi connectivity index (χ1n) is 9.39. The minimum atomic E-state index is -6.12. The van der Waals surface area contributed by atoms with Crippen molar-refractivity contribution in [3.63, 3.8) is 0 Å². The third-order valence-electron chi connectivity index (χ3n) is 4.65. The number of rotatable bonds is 8. The smallest absolute Gasteiger partial charge is 0.460 e. The van der Waals surface area contributed by atoms with Gasteiger partial charge in [0.25, 0.3) is 5.56 Å². The van der Waals surface area contributed by atoms with Gasteiger partial charge in [-0.05, 0) is 6.42 Å². The number of halogens is 3. The van der Waals surface area contributed by atoms with Crippen LogP contribution in [0.3, 0.4) is 0 Å². The van der Waals surface area contributed by atoms with Crippen molar-refractivity contribution in [2.75, 3.05) is 5.43 Å². The van der Waals surface area contributed by atoms with Crippen LogP contribution in [0.5, 0.6) is 0 Å². The topological polar surface area (TPSA) is 195 Å². The zero-order valence-electron chi connectivity index (χ0n) is 17.3. The Bertz CT molecular complexity index is 1320. The Labute approximate surface area is 191 Å². The molecule has 34 heavy (non-hydrogen) atoms. The van der Waals surface area contributed by atoms with Crippen molar-refractivity contribution in [3.8, 4) is 0 Å². The van der Waals surface area contributed by atoms with Crippen molar-refractivity contribution in [2.24, 2.45) is 5.22 Å².